The van der Waals surface area contributed by atoms with Gasteiger partial charge in [-0.3, -0.25) is 4.57 Å². The van der Waals surface area contributed by atoms with Crippen LogP contribution in [-0.4, -0.2) is 34.0 Å². The fourth-order valence-corrected chi connectivity index (χ4v) is 3.72. The lowest BCUT2D eigenvalue weighted by Crippen LogP contribution is -2.18. The van der Waals surface area contributed by atoms with Crippen molar-refractivity contribution in [2.75, 3.05) is 19.4 Å². The van der Waals surface area contributed by atoms with E-state index in [9.17, 15) is 13.0 Å². The van der Waals surface area contributed by atoms with Crippen molar-refractivity contribution >= 4 is 23.8 Å². The first-order chi connectivity index (χ1) is 10.3. The molecule has 0 fully saturated rings. The van der Waals surface area contributed by atoms with E-state index >= 15 is 0 Å². The molecule has 0 spiro atoms. The Morgan fingerprint density at radius 3 is 2.23 bits per heavy atom. The van der Waals surface area contributed by atoms with E-state index in [1.807, 2.05) is 6.92 Å². The smallest absolute Gasteiger partial charge is 0.309 e. The van der Waals surface area contributed by atoms with Crippen molar-refractivity contribution in [1.29, 1.82) is 0 Å². The van der Waals surface area contributed by atoms with Crippen LogP contribution in [0.2, 0.25) is 0 Å². The SMILES string of the molecule is CCOP(=O)(C/C=N\NS(=O)(=O)c1ccc(C)cc1)OCC. The van der Waals surface area contributed by atoms with Crippen molar-refractivity contribution in [3.8, 4) is 0 Å². The predicted octanol–water partition coefficient (Wildman–Crippen LogP) is 2.53. The van der Waals surface area contributed by atoms with Crippen LogP contribution in [0.4, 0.5) is 0 Å². The Bertz CT molecular complexity index is 633. The zero-order chi connectivity index (χ0) is 16.6. The minimum atomic E-state index is -3.74. The lowest BCUT2D eigenvalue weighted by atomic mass is 10.2. The van der Waals surface area contributed by atoms with Crippen molar-refractivity contribution in [3.05, 3.63) is 29.8 Å². The molecule has 1 N–H and O–H groups in total. The monoisotopic (exact) mass is 348 g/mol. The lowest BCUT2D eigenvalue weighted by Gasteiger charge is -2.14. The maximum Gasteiger partial charge on any atom is 0.336 e. The first-order valence-electron chi connectivity index (χ1n) is 6.81. The topological polar surface area (TPSA) is 94.1 Å². The number of sulfonamides is 1. The number of benzene rings is 1. The summed E-state index contributed by atoms with van der Waals surface area (Å²) in [4.78, 5) is 2.17. The molecule has 0 atom stereocenters. The van der Waals surface area contributed by atoms with Gasteiger partial charge in [0.2, 0.25) is 0 Å². The quantitative estimate of drug-likeness (QED) is 0.420. The Kier molecular flexibility index (Phi) is 7.22. The third-order valence-electron chi connectivity index (χ3n) is 2.55. The summed E-state index contributed by atoms with van der Waals surface area (Å²) in [7, 11) is -7.00. The van der Waals surface area contributed by atoms with Crippen LogP contribution in [0.15, 0.2) is 34.3 Å². The van der Waals surface area contributed by atoms with Crippen LogP contribution in [0.25, 0.3) is 0 Å². The first-order valence-corrected chi connectivity index (χ1v) is 10.0. The van der Waals surface area contributed by atoms with E-state index in [0.717, 1.165) is 5.56 Å². The standard InChI is InChI=1S/C13H21N2O5PS/c1-4-19-21(16,20-5-2)11-10-14-15-22(17,18)13-8-6-12(3)7-9-13/h6-10,15H,4-5,11H2,1-3H3/b14-10-. The van der Waals surface area contributed by atoms with Gasteiger partial charge >= 0.3 is 7.60 Å². The molecule has 0 aromatic heterocycles. The summed E-state index contributed by atoms with van der Waals surface area (Å²) in [5.74, 6) is 0. The van der Waals surface area contributed by atoms with Gasteiger partial charge in [-0.2, -0.15) is 13.5 Å². The average Bonchev–Trinajstić information content (AvgIpc) is 2.45. The normalized spacial score (nSPS) is 12.7. The van der Waals surface area contributed by atoms with Crippen molar-refractivity contribution in [1.82, 2.24) is 4.83 Å². The highest BCUT2D eigenvalue weighted by molar-refractivity contribution is 7.89. The highest BCUT2D eigenvalue weighted by Crippen LogP contribution is 2.46. The number of nitrogens with one attached hydrogen (secondary N) is 1. The Balaban J connectivity index is 2.68. The van der Waals surface area contributed by atoms with Crippen LogP contribution >= 0.6 is 7.60 Å². The van der Waals surface area contributed by atoms with E-state index in [4.69, 9.17) is 9.05 Å². The van der Waals surface area contributed by atoms with E-state index in [0.29, 0.717) is 0 Å². The van der Waals surface area contributed by atoms with Gasteiger partial charge in [0.1, 0.15) is 0 Å². The van der Waals surface area contributed by atoms with E-state index in [2.05, 4.69) is 9.93 Å². The third-order valence-corrected chi connectivity index (χ3v) is 5.70. The van der Waals surface area contributed by atoms with Crippen LogP contribution in [0.3, 0.4) is 0 Å². The third kappa shape index (κ3) is 5.88. The van der Waals surface area contributed by atoms with Crippen LogP contribution < -0.4 is 4.83 Å². The van der Waals surface area contributed by atoms with Gasteiger partial charge in [0.05, 0.1) is 24.3 Å². The molecule has 9 heteroatoms. The highest BCUT2D eigenvalue weighted by Gasteiger charge is 2.22. The fourth-order valence-electron chi connectivity index (χ4n) is 1.55. The number of nitrogens with zero attached hydrogens (tertiary/aromatic N) is 1. The van der Waals surface area contributed by atoms with Crippen LogP contribution in [0, 0.1) is 6.92 Å². The van der Waals surface area contributed by atoms with Gasteiger partial charge in [-0.1, -0.05) is 17.7 Å². The van der Waals surface area contributed by atoms with Crippen molar-refractivity contribution in [2.45, 2.75) is 25.7 Å². The van der Waals surface area contributed by atoms with E-state index in [1.165, 1.54) is 18.3 Å². The molecule has 0 bridgehead atoms. The Morgan fingerprint density at radius 2 is 1.73 bits per heavy atom. The summed E-state index contributed by atoms with van der Waals surface area (Å²) in [6, 6.07) is 6.35. The molecule has 1 aromatic carbocycles. The van der Waals surface area contributed by atoms with E-state index in [-0.39, 0.29) is 24.3 Å². The highest BCUT2D eigenvalue weighted by atomic mass is 32.2. The molecule has 0 unspecified atom stereocenters. The molecule has 0 saturated heterocycles. The number of aryl methyl sites for hydroxylation is 1. The fraction of sp³-hybridized carbons (Fsp3) is 0.462. The number of hydrogen-bond acceptors (Lipinski definition) is 6. The van der Waals surface area contributed by atoms with E-state index < -0.39 is 17.6 Å². The molecule has 22 heavy (non-hydrogen) atoms. The zero-order valence-electron chi connectivity index (χ0n) is 12.9. The van der Waals surface area contributed by atoms with E-state index in [1.54, 1.807) is 26.0 Å². The van der Waals surface area contributed by atoms with Crippen molar-refractivity contribution < 1.29 is 22.0 Å². The van der Waals surface area contributed by atoms with Gasteiger partial charge in [0, 0.05) is 6.21 Å². The molecular formula is C13H21N2O5PS. The number of hydrazone groups is 1. The molecule has 1 aromatic rings. The summed E-state index contributed by atoms with van der Waals surface area (Å²) in [5.41, 5.74) is 0.955. The Morgan fingerprint density at radius 1 is 1.18 bits per heavy atom. The number of rotatable bonds is 9. The van der Waals surface area contributed by atoms with Crippen molar-refractivity contribution in [2.24, 2.45) is 5.10 Å². The number of hydrogen-bond donors (Lipinski definition) is 1. The molecule has 0 saturated carbocycles. The summed E-state index contributed by atoms with van der Waals surface area (Å²) < 4.78 is 46.2. The summed E-state index contributed by atoms with van der Waals surface area (Å²) in [5, 5.41) is 3.60. The van der Waals surface area contributed by atoms with Crippen LogP contribution in [-0.2, 0) is 23.6 Å². The second-order valence-corrected chi connectivity index (χ2v) is 8.11. The molecule has 0 aliphatic heterocycles. The molecule has 0 amide bonds. The molecule has 0 aliphatic rings. The minimum Gasteiger partial charge on any atom is -0.309 e. The van der Waals surface area contributed by atoms with Crippen LogP contribution in [0.1, 0.15) is 19.4 Å². The molecule has 1 rings (SSSR count). The van der Waals surface area contributed by atoms with Gasteiger partial charge in [0.15, 0.2) is 0 Å². The van der Waals surface area contributed by atoms with Gasteiger partial charge in [-0.25, -0.2) is 4.83 Å². The van der Waals surface area contributed by atoms with Gasteiger partial charge in [0.25, 0.3) is 10.0 Å². The molecule has 0 radical (unpaired) electrons. The maximum atomic E-state index is 12.1. The second-order valence-electron chi connectivity index (χ2n) is 4.35. The molecule has 124 valence electrons. The minimum absolute atomic E-state index is 0.105. The molecular weight excluding hydrogens is 327 g/mol. The Hall–Kier alpha value is -1.21. The molecule has 7 nitrogen and oxygen atoms in total. The first kappa shape index (κ1) is 18.8. The second kappa shape index (κ2) is 8.43. The molecule has 0 heterocycles. The summed E-state index contributed by atoms with van der Waals surface area (Å²) >= 11 is 0. The zero-order valence-corrected chi connectivity index (χ0v) is 14.6. The van der Waals surface area contributed by atoms with Gasteiger partial charge < -0.3 is 9.05 Å². The van der Waals surface area contributed by atoms with Gasteiger partial charge in [-0.15, -0.1) is 0 Å². The largest absolute Gasteiger partial charge is 0.336 e. The summed E-state index contributed by atoms with van der Waals surface area (Å²) in [6.45, 7) is 5.73. The summed E-state index contributed by atoms with van der Waals surface area (Å²) in [6.07, 6.45) is 1.07. The maximum absolute atomic E-state index is 12.1. The Labute approximate surface area is 131 Å². The lowest BCUT2D eigenvalue weighted by molar-refractivity contribution is 0.223. The van der Waals surface area contributed by atoms with Crippen LogP contribution in [0.5, 0.6) is 0 Å². The van der Waals surface area contributed by atoms with Crippen molar-refractivity contribution in [3.63, 3.8) is 0 Å². The molecule has 0 aliphatic carbocycles. The predicted molar refractivity (Wildman–Crippen MR) is 85.7 cm³/mol. The average molecular weight is 348 g/mol. The van der Waals surface area contributed by atoms with Gasteiger partial charge in [-0.05, 0) is 32.9 Å².